The van der Waals surface area contributed by atoms with E-state index < -0.39 is 5.91 Å². The predicted octanol–water partition coefficient (Wildman–Crippen LogP) is 5.87. The molecule has 0 aliphatic carbocycles. The number of methoxy groups -OCH3 is 2. The first-order valence-corrected chi connectivity index (χ1v) is 11.3. The Morgan fingerprint density at radius 2 is 1.57 bits per heavy atom. The first-order valence-electron chi connectivity index (χ1n) is 10.1. The number of fused-ring (bicyclic) bond motifs is 1. The fourth-order valence-corrected chi connectivity index (χ4v) is 3.92. The van der Waals surface area contributed by atoms with Gasteiger partial charge in [0, 0.05) is 27.4 Å². The van der Waals surface area contributed by atoms with Gasteiger partial charge < -0.3 is 19.5 Å². The maximum atomic E-state index is 12.4. The number of thiocarbonyl (C=S) groups is 1. The fraction of sp³-hybridized carbons (Fsp3) is 0.0833. The molecule has 35 heavy (non-hydrogen) atoms. The number of amides is 1. The standard InChI is InChI=1S/C24H18Cl2N4O4S/c1-32-20-10-18-19(11-21(20)33-2)27-12-28-23(18)34-17-5-3-16(4-6-17)29-24(35)30-22(31)13-7-14(25)9-15(26)8-13/h3-12H,1-2H3,(H2,29,30,31,35). The van der Waals surface area contributed by atoms with Gasteiger partial charge in [0.25, 0.3) is 5.91 Å². The molecule has 0 fully saturated rings. The molecule has 0 bridgehead atoms. The van der Waals surface area contributed by atoms with E-state index in [9.17, 15) is 4.79 Å². The van der Waals surface area contributed by atoms with Crippen molar-refractivity contribution < 1.29 is 19.0 Å². The molecule has 8 nitrogen and oxygen atoms in total. The van der Waals surface area contributed by atoms with Crippen LogP contribution in [0.15, 0.2) is 60.9 Å². The second-order valence-corrected chi connectivity index (χ2v) is 8.38. The molecule has 3 aromatic carbocycles. The third-order valence-electron chi connectivity index (χ3n) is 4.78. The Balaban J connectivity index is 1.44. The molecule has 4 aromatic rings. The SMILES string of the molecule is COc1cc2ncnc(Oc3ccc(NC(=S)NC(=O)c4cc(Cl)cc(Cl)c4)cc3)c2cc1OC. The van der Waals surface area contributed by atoms with E-state index in [0.29, 0.717) is 55.3 Å². The van der Waals surface area contributed by atoms with Gasteiger partial charge in [-0.05, 0) is 60.7 Å². The largest absolute Gasteiger partial charge is 0.493 e. The van der Waals surface area contributed by atoms with Crippen LogP contribution < -0.4 is 24.8 Å². The highest BCUT2D eigenvalue weighted by Crippen LogP contribution is 2.35. The molecule has 1 heterocycles. The Bertz CT molecular complexity index is 1400. The molecular formula is C24H18Cl2N4O4S. The van der Waals surface area contributed by atoms with Crippen LogP contribution in [0.4, 0.5) is 5.69 Å². The van der Waals surface area contributed by atoms with Crippen LogP contribution in [0.1, 0.15) is 10.4 Å². The molecule has 0 spiro atoms. The highest BCUT2D eigenvalue weighted by Gasteiger charge is 2.13. The number of ether oxygens (including phenoxy) is 3. The van der Waals surface area contributed by atoms with Gasteiger partial charge >= 0.3 is 0 Å². The summed E-state index contributed by atoms with van der Waals surface area (Å²) in [5.74, 6) is 1.56. The lowest BCUT2D eigenvalue weighted by Gasteiger charge is -2.12. The van der Waals surface area contributed by atoms with Gasteiger partial charge in [0.2, 0.25) is 5.88 Å². The summed E-state index contributed by atoms with van der Waals surface area (Å²) in [6.45, 7) is 0. The summed E-state index contributed by atoms with van der Waals surface area (Å²) in [5, 5.41) is 7.01. The second-order valence-electron chi connectivity index (χ2n) is 7.10. The third-order valence-corrected chi connectivity index (χ3v) is 5.42. The molecule has 0 radical (unpaired) electrons. The van der Waals surface area contributed by atoms with E-state index in [4.69, 9.17) is 49.6 Å². The molecule has 178 valence electrons. The Morgan fingerprint density at radius 3 is 2.23 bits per heavy atom. The molecule has 1 aromatic heterocycles. The van der Waals surface area contributed by atoms with Crippen molar-refractivity contribution in [3.63, 3.8) is 0 Å². The average molecular weight is 529 g/mol. The summed E-state index contributed by atoms with van der Waals surface area (Å²) in [6, 6.07) is 15.0. The zero-order valence-electron chi connectivity index (χ0n) is 18.5. The van der Waals surface area contributed by atoms with Gasteiger partial charge in [-0.1, -0.05) is 23.2 Å². The Hall–Kier alpha value is -3.66. The molecule has 0 unspecified atom stereocenters. The Morgan fingerprint density at radius 1 is 0.914 bits per heavy atom. The summed E-state index contributed by atoms with van der Waals surface area (Å²) in [5.41, 5.74) is 1.58. The van der Waals surface area contributed by atoms with Crippen LogP contribution in [0.5, 0.6) is 23.1 Å². The van der Waals surface area contributed by atoms with E-state index in [0.717, 1.165) is 0 Å². The van der Waals surface area contributed by atoms with Gasteiger partial charge in [0.1, 0.15) is 12.1 Å². The van der Waals surface area contributed by atoms with Crippen molar-refractivity contribution in [2.24, 2.45) is 0 Å². The molecule has 0 aliphatic heterocycles. The van der Waals surface area contributed by atoms with Crippen LogP contribution >= 0.6 is 35.4 Å². The van der Waals surface area contributed by atoms with E-state index in [1.165, 1.54) is 24.5 Å². The predicted molar refractivity (Wildman–Crippen MR) is 139 cm³/mol. The maximum absolute atomic E-state index is 12.4. The van der Waals surface area contributed by atoms with Crippen molar-refractivity contribution in [2.45, 2.75) is 0 Å². The number of nitrogens with one attached hydrogen (secondary N) is 2. The molecular weight excluding hydrogens is 511 g/mol. The zero-order chi connectivity index (χ0) is 24.9. The number of benzene rings is 3. The number of aromatic nitrogens is 2. The highest BCUT2D eigenvalue weighted by molar-refractivity contribution is 7.80. The van der Waals surface area contributed by atoms with Crippen LogP contribution in [0, 0.1) is 0 Å². The van der Waals surface area contributed by atoms with Crippen LogP contribution in [0.2, 0.25) is 10.0 Å². The van der Waals surface area contributed by atoms with E-state index in [2.05, 4.69) is 20.6 Å². The topological polar surface area (TPSA) is 94.6 Å². The number of hydrogen-bond acceptors (Lipinski definition) is 7. The van der Waals surface area contributed by atoms with Crippen molar-refractivity contribution in [1.29, 1.82) is 0 Å². The molecule has 0 atom stereocenters. The molecule has 11 heteroatoms. The van der Waals surface area contributed by atoms with Crippen LogP contribution in [0.3, 0.4) is 0 Å². The number of hydrogen-bond donors (Lipinski definition) is 2. The van der Waals surface area contributed by atoms with Crippen LogP contribution in [-0.2, 0) is 0 Å². The second kappa shape index (κ2) is 10.7. The van der Waals surface area contributed by atoms with E-state index in [1.807, 2.05) is 0 Å². The first kappa shape index (κ1) is 24.5. The summed E-state index contributed by atoms with van der Waals surface area (Å²) < 4.78 is 16.7. The molecule has 4 rings (SSSR count). The molecule has 2 N–H and O–H groups in total. The number of rotatable bonds is 6. The van der Waals surface area contributed by atoms with Gasteiger partial charge in [-0.25, -0.2) is 9.97 Å². The number of anilines is 1. The Labute approximate surface area is 216 Å². The summed E-state index contributed by atoms with van der Waals surface area (Å²) in [6.07, 6.45) is 1.41. The van der Waals surface area contributed by atoms with Crippen molar-refractivity contribution in [2.75, 3.05) is 19.5 Å². The smallest absolute Gasteiger partial charge is 0.257 e. The van der Waals surface area contributed by atoms with Gasteiger partial charge in [-0.2, -0.15) is 0 Å². The minimum absolute atomic E-state index is 0.114. The van der Waals surface area contributed by atoms with Gasteiger partial charge in [0.05, 0.1) is 25.1 Å². The normalized spacial score (nSPS) is 10.5. The van der Waals surface area contributed by atoms with Gasteiger partial charge in [-0.3, -0.25) is 10.1 Å². The average Bonchev–Trinajstić information content (AvgIpc) is 2.84. The number of carbonyl (C=O) groups is 1. The summed E-state index contributed by atoms with van der Waals surface area (Å²) in [7, 11) is 3.11. The molecule has 1 amide bonds. The van der Waals surface area contributed by atoms with Crippen molar-refractivity contribution >= 4 is 63.0 Å². The molecule has 0 saturated heterocycles. The summed E-state index contributed by atoms with van der Waals surface area (Å²) in [4.78, 5) is 20.9. The molecule has 0 aliphatic rings. The minimum Gasteiger partial charge on any atom is -0.493 e. The van der Waals surface area contributed by atoms with E-state index in [-0.39, 0.29) is 5.11 Å². The fourth-order valence-electron chi connectivity index (χ4n) is 3.18. The molecule has 0 saturated carbocycles. The minimum atomic E-state index is -0.436. The lowest BCUT2D eigenvalue weighted by molar-refractivity contribution is 0.0977. The lowest BCUT2D eigenvalue weighted by Crippen LogP contribution is -2.34. The highest BCUT2D eigenvalue weighted by atomic mass is 35.5. The number of carbonyl (C=O) groups excluding carboxylic acids is 1. The Kier molecular flexibility index (Phi) is 7.50. The van der Waals surface area contributed by atoms with Crippen molar-refractivity contribution in [1.82, 2.24) is 15.3 Å². The summed E-state index contributed by atoms with van der Waals surface area (Å²) >= 11 is 17.1. The number of halogens is 2. The van der Waals surface area contributed by atoms with Gasteiger partial charge in [0.15, 0.2) is 16.6 Å². The van der Waals surface area contributed by atoms with E-state index in [1.54, 1.807) is 50.6 Å². The third kappa shape index (κ3) is 5.89. The number of nitrogens with zero attached hydrogens (tertiary/aromatic N) is 2. The van der Waals surface area contributed by atoms with Gasteiger partial charge in [-0.15, -0.1) is 0 Å². The quantitative estimate of drug-likeness (QED) is 0.300. The maximum Gasteiger partial charge on any atom is 0.257 e. The van der Waals surface area contributed by atoms with Crippen molar-refractivity contribution in [3.05, 3.63) is 76.5 Å². The first-order chi connectivity index (χ1) is 16.9. The monoisotopic (exact) mass is 528 g/mol. The zero-order valence-corrected chi connectivity index (χ0v) is 20.8. The lowest BCUT2D eigenvalue weighted by atomic mass is 10.2. The van der Waals surface area contributed by atoms with E-state index >= 15 is 0 Å². The van der Waals surface area contributed by atoms with Crippen molar-refractivity contribution in [3.8, 4) is 23.1 Å². The van der Waals surface area contributed by atoms with Crippen LogP contribution in [0.25, 0.3) is 10.9 Å². The van der Waals surface area contributed by atoms with Crippen LogP contribution in [-0.4, -0.2) is 35.2 Å².